The van der Waals surface area contributed by atoms with Crippen LogP contribution in [0.4, 0.5) is 5.13 Å². The Labute approximate surface area is 433 Å². The number of fused-ring (bicyclic) bond motifs is 1. The number of nitrogens with zero attached hydrogens (tertiary/aromatic N) is 3. The van der Waals surface area contributed by atoms with Gasteiger partial charge < -0.3 is 24.9 Å². The molecule has 0 bridgehead atoms. The second-order valence-corrected chi connectivity index (χ2v) is 21.4. The maximum absolute atomic E-state index is 14.7. The van der Waals surface area contributed by atoms with Crippen molar-refractivity contribution in [3.8, 4) is 0 Å². The molecule has 13 nitrogen and oxygen atoms in total. The number of allylic oxidation sites excluding steroid dienone is 2. The second kappa shape index (κ2) is 21.7. The number of ether oxygens (including phenoxy) is 2. The number of amides is 2. The van der Waals surface area contributed by atoms with Crippen molar-refractivity contribution in [3.63, 3.8) is 0 Å². The van der Waals surface area contributed by atoms with Crippen molar-refractivity contribution in [2.75, 3.05) is 15.5 Å². The van der Waals surface area contributed by atoms with Gasteiger partial charge in [-0.15, -0.1) is 11.3 Å². The molecule has 364 valence electrons. The molecule has 16 heteroatoms. The number of hydrogen-bond acceptors (Lipinski definition) is 12. The van der Waals surface area contributed by atoms with E-state index >= 15 is 0 Å². The van der Waals surface area contributed by atoms with Crippen molar-refractivity contribution in [1.82, 2.24) is 15.2 Å². The number of rotatable bonds is 17. The average molecular weight is 1100 g/mol. The molecule has 2 aliphatic rings. The minimum atomic E-state index is -1.79. The molecule has 0 spiro atoms. The summed E-state index contributed by atoms with van der Waals surface area (Å²) in [5.41, 5.74) is 0.618. The number of halogens is 1. The van der Waals surface area contributed by atoms with Gasteiger partial charge >= 0.3 is 11.9 Å². The fourth-order valence-corrected chi connectivity index (χ4v) is 10.9. The number of esters is 2. The van der Waals surface area contributed by atoms with E-state index < -0.39 is 68.8 Å². The Morgan fingerprint density at radius 3 is 1.82 bits per heavy atom. The number of hydrogen-bond donors (Lipinski definition) is 2. The van der Waals surface area contributed by atoms with Crippen LogP contribution in [0.5, 0.6) is 0 Å². The molecule has 71 heavy (non-hydrogen) atoms. The Balaban J connectivity index is 1.14. The van der Waals surface area contributed by atoms with Crippen LogP contribution in [0.3, 0.4) is 0 Å². The lowest BCUT2D eigenvalue weighted by Gasteiger charge is -2.49. The number of thiazole rings is 1. The molecule has 1 fully saturated rings. The van der Waals surface area contributed by atoms with Crippen LogP contribution in [0.1, 0.15) is 74.2 Å². The summed E-state index contributed by atoms with van der Waals surface area (Å²) < 4.78 is 26.6. The van der Waals surface area contributed by atoms with Crippen LogP contribution in [-0.2, 0) is 49.8 Å². The summed E-state index contributed by atoms with van der Waals surface area (Å²) in [5.74, 6) is -3.23. The molecule has 3 heterocycles. The number of benzene rings is 5. The normalized spacial score (nSPS) is 17.3. The van der Waals surface area contributed by atoms with Gasteiger partial charge in [0.2, 0.25) is 5.60 Å². The highest BCUT2D eigenvalue weighted by atomic mass is 127. The molecule has 2 N–H and O–H groups in total. The van der Waals surface area contributed by atoms with Gasteiger partial charge in [-0.3, -0.25) is 18.7 Å². The van der Waals surface area contributed by atoms with Gasteiger partial charge in [0.1, 0.15) is 33.9 Å². The molecule has 3 atom stereocenters. The maximum atomic E-state index is 14.7. The highest BCUT2D eigenvalue weighted by Crippen LogP contribution is 2.41. The van der Waals surface area contributed by atoms with Gasteiger partial charge in [-0.05, 0) is 68.0 Å². The van der Waals surface area contributed by atoms with E-state index in [1.54, 1.807) is 38.3 Å². The Morgan fingerprint density at radius 1 is 0.817 bits per heavy atom. The van der Waals surface area contributed by atoms with E-state index in [1.165, 1.54) is 25.2 Å². The monoisotopic (exact) mass is 1100 g/mol. The first kappa shape index (κ1) is 50.6. The van der Waals surface area contributed by atoms with Gasteiger partial charge in [-0.2, -0.15) is 0 Å². The van der Waals surface area contributed by atoms with Gasteiger partial charge in [0.05, 0.1) is 16.6 Å². The lowest BCUT2D eigenvalue weighted by atomic mass is 9.77. The zero-order chi connectivity index (χ0) is 50.3. The van der Waals surface area contributed by atoms with E-state index in [0.29, 0.717) is 26.3 Å². The molecule has 1 aromatic heterocycles. The SMILES string of the molecule is CC(C)(C)OC(=O)C(C)(C)ON=C(C(=O)NC1C(=O)N2C(C(=O)OC(c3ccccc3)c3ccccc3)=C(C=CCI)CS(=O)[C@@H]12)c1csc(NC(c2ccccc2)(c2ccccc2)c2ccccc2)n1. The quantitative estimate of drug-likeness (QED) is 0.0171. The van der Waals surface area contributed by atoms with Crippen LogP contribution in [0, 0.1) is 0 Å². The van der Waals surface area contributed by atoms with Crippen molar-refractivity contribution in [2.45, 2.75) is 68.9 Å². The first-order valence-corrected chi connectivity index (χ1v) is 26.6. The number of oxime groups is 1. The summed E-state index contributed by atoms with van der Waals surface area (Å²) in [6.07, 6.45) is 2.66. The van der Waals surface area contributed by atoms with Crippen molar-refractivity contribution in [2.24, 2.45) is 5.16 Å². The lowest BCUT2D eigenvalue weighted by molar-refractivity contribution is -0.179. The van der Waals surface area contributed by atoms with E-state index in [1.807, 2.05) is 152 Å². The van der Waals surface area contributed by atoms with Crippen LogP contribution in [0.25, 0.3) is 0 Å². The van der Waals surface area contributed by atoms with Crippen LogP contribution in [-0.4, -0.2) is 76.4 Å². The molecular weight excluding hydrogens is 1050 g/mol. The Hall–Kier alpha value is -6.76. The fourth-order valence-electron chi connectivity index (χ4n) is 8.25. The van der Waals surface area contributed by atoms with Crippen molar-refractivity contribution >= 4 is 79.3 Å². The zero-order valence-electron chi connectivity index (χ0n) is 39.6. The molecule has 2 aliphatic heterocycles. The molecule has 8 rings (SSSR count). The van der Waals surface area contributed by atoms with Gasteiger partial charge in [0.15, 0.2) is 16.9 Å². The molecule has 0 saturated carbocycles. The van der Waals surface area contributed by atoms with Gasteiger partial charge in [-0.1, -0.05) is 192 Å². The van der Waals surface area contributed by atoms with Crippen LogP contribution < -0.4 is 10.6 Å². The topological polar surface area (TPSA) is 166 Å². The predicted octanol–water partition coefficient (Wildman–Crippen LogP) is 9.38. The standard InChI is InChI=1S/C55H52IN5O8S2/c1-53(2,3)68-51(65)54(4,5)69-60-43(42-34-70-52(57-42)59-55(39-27-15-8-16-28-39,40-29-17-9-18-30-40)41-31-19-10-20-32-41)47(62)58-44-48(63)61-45(38(26-21-33-56)35-71(66)49(44)61)50(64)67-46(36-22-11-6-12-23-36)37-24-13-7-14-25-37/h6-32,34,44,46,49H,33,35H2,1-5H3,(H,57,59)(H,58,62)/t44?,49-,71?/m0/s1. The average Bonchev–Trinajstić information content (AvgIpc) is 3.84. The summed E-state index contributed by atoms with van der Waals surface area (Å²) in [4.78, 5) is 69.0. The Kier molecular flexibility index (Phi) is 15.5. The first-order valence-electron chi connectivity index (χ1n) is 22.8. The summed E-state index contributed by atoms with van der Waals surface area (Å²) >= 11 is 3.36. The summed E-state index contributed by atoms with van der Waals surface area (Å²) in [6, 6.07) is 46.9. The number of β-lactam (4-membered cyclic amide) rings is 1. The molecule has 6 aromatic rings. The summed E-state index contributed by atoms with van der Waals surface area (Å²) in [5, 5.41) is 11.6. The molecule has 2 amide bonds. The first-order chi connectivity index (χ1) is 34.1. The van der Waals surface area contributed by atoms with E-state index in [2.05, 4.69) is 38.4 Å². The minimum absolute atomic E-state index is 0.0507. The molecule has 2 unspecified atom stereocenters. The molecular formula is C55H52IN5O8S2. The van der Waals surface area contributed by atoms with Crippen LogP contribution in [0.2, 0.25) is 0 Å². The largest absolute Gasteiger partial charge is 0.457 e. The van der Waals surface area contributed by atoms with E-state index in [0.717, 1.165) is 21.6 Å². The van der Waals surface area contributed by atoms with Crippen molar-refractivity contribution in [1.29, 1.82) is 0 Å². The maximum Gasteiger partial charge on any atom is 0.356 e. The van der Waals surface area contributed by atoms with Crippen LogP contribution in [0.15, 0.2) is 186 Å². The minimum Gasteiger partial charge on any atom is -0.457 e. The Morgan fingerprint density at radius 2 is 1.32 bits per heavy atom. The molecule has 1 saturated heterocycles. The number of carbonyl (C=O) groups excluding carboxylic acids is 4. The van der Waals surface area contributed by atoms with Crippen molar-refractivity contribution in [3.05, 3.63) is 214 Å². The highest BCUT2D eigenvalue weighted by Gasteiger charge is 2.58. The lowest BCUT2D eigenvalue weighted by Crippen LogP contribution is -2.74. The zero-order valence-corrected chi connectivity index (χ0v) is 43.4. The smallest absolute Gasteiger partial charge is 0.356 e. The molecule has 0 radical (unpaired) electrons. The van der Waals surface area contributed by atoms with E-state index in [9.17, 15) is 23.4 Å². The van der Waals surface area contributed by atoms with Gasteiger partial charge in [0.25, 0.3) is 11.8 Å². The van der Waals surface area contributed by atoms with E-state index in [-0.39, 0.29) is 22.9 Å². The van der Waals surface area contributed by atoms with E-state index in [4.69, 9.17) is 19.3 Å². The van der Waals surface area contributed by atoms with Crippen molar-refractivity contribution < 1.29 is 37.7 Å². The van der Waals surface area contributed by atoms with Gasteiger partial charge in [-0.25, -0.2) is 14.6 Å². The third-order valence-electron chi connectivity index (χ3n) is 11.6. The number of carbonyl (C=O) groups is 4. The van der Waals surface area contributed by atoms with Gasteiger partial charge in [0, 0.05) is 9.81 Å². The molecule has 0 aliphatic carbocycles. The Bertz CT molecular complexity index is 2860. The summed E-state index contributed by atoms with van der Waals surface area (Å²) in [6.45, 7) is 8.06. The predicted molar refractivity (Wildman–Crippen MR) is 284 cm³/mol. The number of aromatic nitrogens is 1. The molecule has 5 aromatic carbocycles. The number of anilines is 1. The van der Waals surface area contributed by atoms with Crippen LogP contribution >= 0.6 is 33.9 Å². The highest BCUT2D eigenvalue weighted by molar-refractivity contribution is 14.1. The number of alkyl halides is 1. The summed E-state index contributed by atoms with van der Waals surface area (Å²) in [7, 11) is -1.79. The second-order valence-electron chi connectivity index (χ2n) is 18.2. The fraction of sp³-hybridized carbons (Fsp3) is 0.236. The number of nitrogens with one attached hydrogen (secondary N) is 2. The third kappa shape index (κ3) is 11.1. The third-order valence-corrected chi connectivity index (χ3v) is 14.5.